The fraction of sp³-hybridized carbons (Fsp3) is 0.825. The Hall–Kier alpha value is -3.59. The summed E-state index contributed by atoms with van der Waals surface area (Å²) in [7, 11) is 0. The minimum atomic E-state index is -1.60. The summed E-state index contributed by atoms with van der Waals surface area (Å²) in [5.74, 6) is -4.40. The van der Waals surface area contributed by atoms with E-state index in [0.29, 0.717) is 32.0 Å². The number of unbranched alkanes of at least 4 members (excludes halogenated alkanes) is 2. The van der Waals surface area contributed by atoms with Crippen LogP contribution in [0.5, 0.6) is 0 Å². The Bertz CT molecular complexity index is 1490. The molecule has 2 heterocycles. The molecule has 0 aromatic rings. The number of aliphatic carboxylic acids is 1. The second-order valence-electron chi connectivity index (χ2n) is 16.1. The van der Waals surface area contributed by atoms with Crippen LogP contribution in [0, 0.1) is 5.92 Å². The molecule has 63 heavy (non-hydrogen) atoms. The first kappa shape index (κ1) is 53.7. The second kappa shape index (κ2) is 27.0. The van der Waals surface area contributed by atoms with Gasteiger partial charge in [0.2, 0.25) is 17.7 Å². The Kier molecular flexibility index (Phi) is 23.1. The zero-order valence-electron chi connectivity index (χ0n) is 35.6. The third-order valence-electron chi connectivity index (χ3n) is 11.2. The Labute approximate surface area is 364 Å². The van der Waals surface area contributed by atoms with Gasteiger partial charge in [0.05, 0.1) is 50.2 Å². The highest BCUT2D eigenvalue weighted by Crippen LogP contribution is 2.35. The summed E-state index contributed by atoms with van der Waals surface area (Å²) >= 11 is 0. The smallest absolute Gasteiger partial charge is 0.323 e. The molecule has 14 atom stereocenters. The molecule has 2 aliphatic heterocycles. The van der Waals surface area contributed by atoms with Gasteiger partial charge >= 0.3 is 5.97 Å². The van der Waals surface area contributed by atoms with Gasteiger partial charge in [-0.25, -0.2) is 0 Å². The van der Waals surface area contributed by atoms with E-state index < -0.39 is 141 Å². The van der Waals surface area contributed by atoms with Gasteiger partial charge in [0.1, 0.15) is 55.2 Å². The lowest BCUT2D eigenvalue weighted by atomic mass is 9.79. The number of ketones is 2. The number of aliphatic hydroxyl groups is 7. The molecule has 2 saturated heterocycles. The first-order chi connectivity index (χ1) is 29.9. The summed E-state index contributed by atoms with van der Waals surface area (Å²) in [6, 6.07) is -1.20. The lowest BCUT2D eigenvalue weighted by Gasteiger charge is -2.49. The summed E-state index contributed by atoms with van der Waals surface area (Å²) in [6.45, 7) is 0.0188. The molecule has 0 radical (unpaired) electrons. The van der Waals surface area contributed by atoms with E-state index in [0.717, 1.165) is 4.90 Å². The molecule has 0 aromatic heterocycles. The molecule has 3 amide bonds. The zero-order valence-corrected chi connectivity index (χ0v) is 35.6. The Morgan fingerprint density at radius 1 is 0.778 bits per heavy atom. The van der Waals surface area contributed by atoms with Gasteiger partial charge in [-0.2, -0.15) is 0 Å². The number of aldehydes is 1. The van der Waals surface area contributed by atoms with E-state index in [9.17, 15) is 69.3 Å². The van der Waals surface area contributed by atoms with Crippen molar-refractivity contribution in [2.45, 2.75) is 164 Å². The Balaban J connectivity index is 1.52. The second-order valence-corrected chi connectivity index (χ2v) is 16.1. The number of nitrogens with zero attached hydrogens (tertiary/aromatic N) is 1. The lowest BCUT2D eigenvalue weighted by Crippen LogP contribution is -2.66. The Morgan fingerprint density at radius 2 is 1.46 bits per heavy atom. The van der Waals surface area contributed by atoms with Crippen molar-refractivity contribution in [2.75, 3.05) is 39.5 Å². The van der Waals surface area contributed by atoms with Crippen LogP contribution in [0.3, 0.4) is 0 Å². The van der Waals surface area contributed by atoms with Gasteiger partial charge in [-0.3, -0.25) is 28.8 Å². The molecule has 0 aromatic carbocycles. The van der Waals surface area contributed by atoms with E-state index in [1.165, 1.54) is 13.8 Å². The first-order valence-corrected chi connectivity index (χ1v) is 21.3. The van der Waals surface area contributed by atoms with Crippen molar-refractivity contribution in [3.63, 3.8) is 0 Å². The molecule has 360 valence electrons. The fourth-order valence-corrected chi connectivity index (χ4v) is 7.64. The molecule has 3 fully saturated rings. The maximum Gasteiger partial charge on any atom is 0.323 e. The standard InChI is InChI=1S/C40H65N3O20/c1-21-34(55)26(50)16-32(60-21)63-39-38(61-27-15-23(19-45)35(56)37(58)33(27)42-22(2)47)36(57)28(20-46)62-40(39)59-14-6-5-8-24(48)7-3-4-9-29(51)41-17-25(49)10-11-30(52)43(12-13-44)18-31(53)54/h13,21,23,26-28,32-40,45-46,50,55-58H,3-12,14-20H2,1-2H3,(H,41,51)(H,42,47)(H,53,54)/t21?,23?,26-,27+,28?,32+,33?,34-,35+,36+,37-,38+,39?,40-/m1/s1. The van der Waals surface area contributed by atoms with Crippen LogP contribution in [0.25, 0.3) is 0 Å². The SMILES string of the molecule is CC(=O)NC1[C@@H](O[C@@H]2C(O[C@H]3C[C@@H](O)[C@H](O)C(C)O3)[C@H](OCCCCC(=O)CCCCC(=O)NCC(=O)CCC(=O)N(CC=O)CC(=O)O)OC(CO)[C@@H]2O)CC(CO)[C@H](O)[C@@H]1O. The van der Waals surface area contributed by atoms with E-state index in [1.807, 2.05) is 0 Å². The predicted molar refractivity (Wildman–Crippen MR) is 212 cm³/mol. The zero-order chi connectivity index (χ0) is 46.8. The maximum atomic E-state index is 12.6. The van der Waals surface area contributed by atoms with Gasteiger partial charge in [0.25, 0.3) is 0 Å². The van der Waals surface area contributed by atoms with Crippen molar-refractivity contribution in [2.24, 2.45) is 5.92 Å². The monoisotopic (exact) mass is 907 g/mol. The number of hydrogen-bond acceptors (Lipinski definition) is 19. The number of carbonyl (C=O) groups is 7. The number of amides is 3. The highest BCUT2D eigenvalue weighted by atomic mass is 16.8. The van der Waals surface area contributed by atoms with Crippen LogP contribution in [0.4, 0.5) is 0 Å². The van der Waals surface area contributed by atoms with E-state index >= 15 is 0 Å². The van der Waals surface area contributed by atoms with E-state index in [1.54, 1.807) is 0 Å². The molecule has 1 aliphatic carbocycles. The van der Waals surface area contributed by atoms with E-state index in [-0.39, 0.29) is 63.9 Å². The van der Waals surface area contributed by atoms with Crippen LogP contribution in [-0.2, 0) is 57.2 Å². The highest BCUT2D eigenvalue weighted by Gasteiger charge is 2.53. The first-order valence-electron chi connectivity index (χ1n) is 21.3. The van der Waals surface area contributed by atoms with Crippen molar-refractivity contribution in [3.8, 4) is 0 Å². The van der Waals surface area contributed by atoms with Crippen LogP contribution in [0.1, 0.15) is 84.5 Å². The van der Waals surface area contributed by atoms with Crippen LogP contribution >= 0.6 is 0 Å². The molecule has 1 saturated carbocycles. The highest BCUT2D eigenvalue weighted by molar-refractivity contribution is 5.90. The predicted octanol–water partition coefficient (Wildman–Crippen LogP) is -3.81. The minimum Gasteiger partial charge on any atom is -0.480 e. The molecule has 5 unspecified atom stereocenters. The van der Waals surface area contributed by atoms with Crippen molar-refractivity contribution in [1.82, 2.24) is 15.5 Å². The van der Waals surface area contributed by atoms with Crippen LogP contribution in [0.2, 0.25) is 0 Å². The van der Waals surface area contributed by atoms with Crippen molar-refractivity contribution in [3.05, 3.63) is 0 Å². The van der Waals surface area contributed by atoms with Crippen molar-refractivity contribution in [1.29, 1.82) is 0 Å². The van der Waals surface area contributed by atoms with Crippen LogP contribution < -0.4 is 10.6 Å². The third-order valence-corrected chi connectivity index (χ3v) is 11.2. The van der Waals surface area contributed by atoms with Gasteiger partial charge in [-0.05, 0) is 39.0 Å². The molecule has 0 spiro atoms. The molecular formula is C40H65N3O20. The van der Waals surface area contributed by atoms with Gasteiger partial charge in [-0.15, -0.1) is 0 Å². The number of nitrogens with one attached hydrogen (secondary N) is 2. The lowest BCUT2D eigenvalue weighted by molar-refractivity contribution is -0.358. The topological polar surface area (TPSA) is 355 Å². The third kappa shape index (κ3) is 17.0. The van der Waals surface area contributed by atoms with Crippen molar-refractivity contribution >= 4 is 41.5 Å². The number of carboxylic acids is 1. The largest absolute Gasteiger partial charge is 0.480 e. The number of hydrogen-bond donors (Lipinski definition) is 10. The number of carbonyl (C=O) groups excluding carboxylic acids is 6. The maximum absolute atomic E-state index is 12.6. The van der Waals surface area contributed by atoms with E-state index in [2.05, 4.69) is 10.6 Å². The normalized spacial score (nSPS) is 32.0. The quantitative estimate of drug-likeness (QED) is 0.0279. The summed E-state index contributed by atoms with van der Waals surface area (Å²) < 4.78 is 30.3. The molecule has 23 heteroatoms. The average molecular weight is 908 g/mol. The summed E-state index contributed by atoms with van der Waals surface area (Å²) in [5.41, 5.74) is 0. The summed E-state index contributed by atoms with van der Waals surface area (Å²) in [5, 5.41) is 87.6. The fourth-order valence-electron chi connectivity index (χ4n) is 7.64. The van der Waals surface area contributed by atoms with Gasteiger partial charge < -0.3 is 84.9 Å². The number of carboxylic acid groups (broad SMARTS) is 1. The average Bonchev–Trinajstić information content (AvgIpc) is 3.23. The van der Waals surface area contributed by atoms with Gasteiger partial charge in [-0.1, -0.05) is 0 Å². The number of aliphatic hydroxyl groups excluding tert-OH is 7. The summed E-state index contributed by atoms with van der Waals surface area (Å²) in [4.78, 5) is 83.6. The Morgan fingerprint density at radius 3 is 2.08 bits per heavy atom. The number of Topliss-reactive ketones (excluding diaryl/α,β-unsaturated/α-hetero) is 2. The van der Waals surface area contributed by atoms with Crippen molar-refractivity contribution < 1.29 is 98.1 Å². The van der Waals surface area contributed by atoms with Gasteiger partial charge in [0.15, 0.2) is 18.4 Å². The molecule has 0 bridgehead atoms. The molecule has 10 N–H and O–H groups in total. The van der Waals surface area contributed by atoms with Crippen LogP contribution in [0.15, 0.2) is 0 Å². The van der Waals surface area contributed by atoms with Crippen LogP contribution in [-0.4, -0.2) is 206 Å². The minimum absolute atomic E-state index is 0.0101. The number of rotatable bonds is 27. The van der Waals surface area contributed by atoms with E-state index in [4.69, 9.17) is 28.8 Å². The summed E-state index contributed by atoms with van der Waals surface area (Å²) in [6.07, 6.45) is -14.2. The molecule has 3 rings (SSSR count). The molecule has 23 nitrogen and oxygen atoms in total. The number of ether oxygens (including phenoxy) is 5. The molecular weight excluding hydrogens is 842 g/mol. The van der Waals surface area contributed by atoms with Gasteiger partial charge in [0, 0.05) is 64.6 Å². The molecule has 3 aliphatic rings.